The second kappa shape index (κ2) is 10.9. The summed E-state index contributed by atoms with van der Waals surface area (Å²) < 4.78 is 24.7. The molecular formula is C26H28FN3O3. The summed E-state index contributed by atoms with van der Waals surface area (Å²) in [4.78, 5) is 22.0. The first-order valence-electron chi connectivity index (χ1n) is 11.2. The van der Waals surface area contributed by atoms with Crippen LogP contribution in [0.1, 0.15) is 24.7 Å². The van der Waals surface area contributed by atoms with Crippen LogP contribution in [0.5, 0.6) is 0 Å². The van der Waals surface area contributed by atoms with E-state index in [1.165, 1.54) is 12.1 Å². The minimum atomic E-state index is -0.557. The van der Waals surface area contributed by atoms with Crippen LogP contribution in [0, 0.1) is 5.82 Å². The van der Waals surface area contributed by atoms with Gasteiger partial charge in [-0.25, -0.2) is 14.3 Å². The van der Waals surface area contributed by atoms with E-state index in [1.807, 2.05) is 54.3 Å². The molecule has 2 heterocycles. The molecule has 0 fully saturated rings. The van der Waals surface area contributed by atoms with Crippen molar-refractivity contribution in [1.82, 2.24) is 4.90 Å². The fraction of sp³-hybridized carbons (Fsp3) is 0.308. The number of amides is 1. The predicted octanol–water partition coefficient (Wildman–Crippen LogP) is 4.66. The molecule has 0 aliphatic carbocycles. The Hall–Kier alpha value is -3.45. The molecule has 0 bridgehead atoms. The lowest BCUT2D eigenvalue weighted by atomic mass is 10.1. The molecule has 0 radical (unpaired) electrons. The second-order valence-electron chi connectivity index (χ2n) is 7.84. The number of hydrogen-bond donors (Lipinski definition) is 0. The number of guanidine groups is 1. The topological polar surface area (TPSA) is 58.3 Å². The zero-order valence-corrected chi connectivity index (χ0v) is 18.7. The molecule has 33 heavy (non-hydrogen) atoms. The molecule has 3 aromatic rings. The Bertz CT molecular complexity index is 1050. The molecule has 172 valence electrons. The molecule has 6 nitrogen and oxygen atoms in total. The zero-order chi connectivity index (χ0) is 23.0. The molecule has 7 heteroatoms. The standard InChI is InChI=1S/C26H28FN3O3/c1-2-32-16-7-15-29(19-23-10-6-17-33-23)26-28-24(18-20-8-4-3-5-9-20)25(31)30(26)22-13-11-21(27)12-14-22/h3-6,8-14,17,24H,2,7,15-16,18-19H2,1H3. The summed E-state index contributed by atoms with van der Waals surface area (Å²) in [5.41, 5.74) is 1.62. The van der Waals surface area contributed by atoms with Crippen LogP contribution >= 0.6 is 0 Å². The quantitative estimate of drug-likeness (QED) is 0.423. The van der Waals surface area contributed by atoms with E-state index in [9.17, 15) is 9.18 Å². The summed E-state index contributed by atoms with van der Waals surface area (Å²) in [6.07, 6.45) is 2.89. The number of furan rings is 1. The van der Waals surface area contributed by atoms with E-state index in [4.69, 9.17) is 14.1 Å². The van der Waals surface area contributed by atoms with Crippen LogP contribution in [0.25, 0.3) is 0 Å². The van der Waals surface area contributed by atoms with Gasteiger partial charge in [0, 0.05) is 26.2 Å². The van der Waals surface area contributed by atoms with Gasteiger partial charge in [0.15, 0.2) is 0 Å². The Balaban J connectivity index is 1.66. The third kappa shape index (κ3) is 5.68. The van der Waals surface area contributed by atoms with Gasteiger partial charge in [-0.3, -0.25) is 4.79 Å². The zero-order valence-electron chi connectivity index (χ0n) is 18.7. The molecule has 0 saturated carbocycles. The van der Waals surface area contributed by atoms with Crippen LogP contribution in [0.2, 0.25) is 0 Å². The second-order valence-corrected chi connectivity index (χ2v) is 7.84. The molecule has 1 amide bonds. The molecule has 1 unspecified atom stereocenters. The molecule has 1 aromatic heterocycles. The fourth-order valence-corrected chi connectivity index (χ4v) is 3.87. The van der Waals surface area contributed by atoms with Crippen LogP contribution in [0.4, 0.5) is 10.1 Å². The molecule has 1 aliphatic heterocycles. The third-order valence-electron chi connectivity index (χ3n) is 5.46. The molecular weight excluding hydrogens is 421 g/mol. The van der Waals surface area contributed by atoms with Crippen molar-refractivity contribution in [2.75, 3.05) is 24.7 Å². The normalized spacial score (nSPS) is 15.7. The van der Waals surface area contributed by atoms with Crippen LogP contribution in [0.3, 0.4) is 0 Å². The Morgan fingerprint density at radius 3 is 2.58 bits per heavy atom. The van der Waals surface area contributed by atoms with E-state index < -0.39 is 6.04 Å². The summed E-state index contributed by atoms with van der Waals surface area (Å²) in [5, 5.41) is 0. The van der Waals surface area contributed by atoms with Gasteiger partial charge in [0.1, 0.15) is 17.6 Å². The molecule has 2 aromatic carbocycles. The lowest BCUT2D eigenvalue weighted by Gasteiger charge is -2.29. The first-order chi connectivity index (χ1) is 16.2. The first kappa shape index (κ1) is 22.7. The van der Waals surface area contributed by atoms with Gasteiger partial charge in [0.05, 0.1) is 18.5 Å². The number of hydrogen-bond acceptors (Lipinski definition) is 5. The first-order valence-corrected chi connectivity index (χ1v) is 11.2. The molecule has 0 spiro atoms. The molecule has 1 aliphatic rings. The van der Waals surface area contributed by atoms with Gasteiger partial charge in [-0.05, 0) is 55.3 Å². The maximum absolute atomic E-state index is 13.6. The Kier molecular flexibility index (Phi) is 7.52. The van der Waals surface area contributed by atoms with Crippen molar-refractivity contribution in [2.45, 2.75) is 32.4 Å². The highest BCUT2D eigenvalue weighted by molar-refractivity contribution is 6.22. The summed E-state index contributed by atoms with van der Waals surface area (Å²) in [7, 11) is 0. The van der Waals surface area contributed by atoms with Crippen molar-refractivity contribution in [3.8, 4) is 0 Å². The number of anilines is 1. The maximum atomic E-state index is 13.6. The maximum Gasteiger partial charge on any atom is 0.259 e. The van der Waals surface area contributed by atoms with Crippen molar-refractivity contribution in [3.05, 3.63) is 90.1 Å². The van der Waals surface area contributed by atoms with E-state index in [0.29, 0.717) is 44.4 Å². The lowest BCUT2D eigenvalue weighted by molar-refractivity contribution is -0.118. The van der Waals surface area contributed by atoms with E-state index in [2.05, 4.69) is 0 Å². The van der Waals surface area contributed by atoms with Gasteiger partial charge in [-0.2, -0.15) is 0 Å². The highest BCUT2D eigenvalue weighted by Gasteiger charge is 2.38. The van der Waals surface area contributed by atoms with Crippen LogP contribution in [-0.4, -0.2) is 42.6 Å². The van der Waals surface area contributed by atoms with Gasteiger partial charge in [0.2, 0.25) is 5.96 Å². The average Bonchev–Trinajstić information content (AvgIpc) is 3.45. The number of carbonyl (C=O) groups is 1. The number of halogens is 1. The third-order valence-corrected chi connectivity index (χ3v) is 5.46. The number of ether oxygens (including phenoxy) is 1. The number of rotatable bonds is 10. The summed E-state index contributed by atoms with van der Waals surface area (Å²) in [5.74, 6) is 0.830. The highest BCUT2D eigenvalue weighted by atomic mass is 19.1. The number of nitrogens with zero attached hydrogens (tertiary/aromatic N) is 3. The monoisotopic (exact) mass is 449 g/mol. The Morgan fingerprint density at radius 1 is 1.09 bits per heavy atom. The van der Waals surface area contributed by atoms with Crippen molar-refractivity contribution < 1.29 is 18.3 Å². The minimum Gasteiger partial charge on any atom is -0.467 e. The molecule has 1 atom stereocenters. The van der Waals surface area contributed by atoms with Gasteiger partial charge in [-0.1, -0.05) is 30.3 Å². The van der Waals surface area contributed by atoms with Gasteiger partial charge in [-0.15, -0.1) is 0 Å². The fourth-order valence-electron chi connectivity index (χ4n) is 3.87. The summed E-state index contributed by atoms with van der Waals surface area (Å²) >= 11 is 0. The summed E-state index contributed by atoms with van der Waals surface area (Å²) in [6.45, 7) is 4.31. The van der Waals surface area contributed by atoms with Crippen molar-refractivity contribution in [2.24, 2.45) is 4.99 Å². The summed E-state index contributed by atoms with van der Waals surface area (Å²) in [6, 6.07) is 19.0. The Labute approximate surface area is 193 Å². The SMILES string of the molecule is CCOCCCN(Cc1ccco1)C1=NC(Cc2ccccc2)C(=O)N1c1ccc(F)cc1. The number of carbonyl (C=O) groups excluding carboxylic acids is 1. The van der Waals surface area contributed by atoms with Gasteiger partial charge >= 0.3 is 0 Å². The molecule has 0 N–H and O–H groups in total. The average molecular weight is 450 g/mol. The Morgan fingerprint density at radius 2 is 1.88 bits per heavy atom. The van der Waals surface area contributed by atoms with E-state index in [1.54, 1.807) is 23.3 Å². The van der Waals surface area contributed by atoms with E-state index in [-0.39, 0.29) is 11.7 Å². The van der Waals surface area contributed by atoms with Crippen molar-refractivity contribution in [1.29, 1.82) is 0 Å². The lowest BCUT2D eigenvalue weighted by Crippen LogP contribution is -2.45. The largest absolute Gasteiger partial charge is 0.467 e. The smallest absolute Gasteiger partial charge is 0.259 e. The highest BCUT2D eigenvalue weighted by Crippen LogP contribution is 2.26. The molecule has 4 rings (SSSR count). The van der Waals surface area contributed by atoms with Crippen LogP contribution in [0.15, 0.2) is 82.4 Å². The number of aliphatic imine (C=N–C) groups is 1. The van der Waals surface area contributed by atoms with Gasteiger partial charge in [0.25, 0.3) is 5.91 Å². The van der Waals surface area contributed by atoms with Crippen LogP contribution in [-0.2, 0) is 22.5 Å². The van der Waals surface area contributed by atoms with E-state index in [0.717, 1.165) is 17.7 Å². The van der Waals surface area contributed by atoms with Crippen molar-refractivity contribution in [3.63, 3.8) is 0 Å². The van der Waals surface area contributed by atoms with Crippen molar-refractivity contribution >= 4 is 17.6 Å². The molecule has 0 saturated heterocycles. The number of benzene rings is 2. The van der Waals surface area contributed by atoms with Crippen LogP contribution < -0.4 is 4.90 Å². The minimum absolute atomic E-state index is 0.130. The van der Waals surface area contributed by atoms with E-state index >= 15 is 0 Å². The predicted molar refractivity (Wildman–Crippen MR) is 125 cm³/mol. The van der Waals surface area contributed by atoms with Gasteiger partial charge < -0.3 is 14.1 Å².